The van der Waals surface area contributed by atoms with Crippen LogP contribution < -0.4 is 4.74 Å². The van der Waals surface area contributed by atoms with Gasteiger partial charge < -0.3 is 9.47 Å². The third kappa shape index (κ3) is 2.94. The maximum Gasteiger partial charge on any atom is 0.387 e. The van der Waals surface area contributed by atoms with E-state index in [9.17, 15) is 13.6 Å². The third-order valence-corrected chi connectivity index (χ3v) is 2.16. The molecular weight excluding hydrogens is 244 g/mol. The third-order valence-electron chi connectivity index (χ3n) is 2.16. The molecule has 0 unspecified atom stereocenters. The summed E-state index contributed by atoms with van der Waals surface area (Å²) >= 11 is 0. The summed E-state index contributed by atoms with van der Waals surface area (Å²) in [6, 6.07) is 4.54. The smallest absolute Gasteiger partial charge is 0.387 e. The first-order chi connectivity index (χ1) is 8.51. The molecule has 0 aliphatic heterocycles. The Morgan fingerprint density at radius 2 is 2.17 bits per heavy atom. The van der Waals surface area contributed by atoms with Crippen LogP contribution in [0.4, 0.5) is 8.78 Å². The van der Waals surface area contributed by atoms with Crippen LogP contribution in [-0.4, -0.2) is 19.2 Å². The predicted octanol–water partition coefficient (Wildman–Crippen LogP) is 2.64. The van der Waals surface area contributed by atoms with E-state index in [0.717, 1.165) is 0 Å². The maximum absolute atomic E-state index is 12.3. The van der Waals surface area contributed by atoms with Gasteiger partial charge in [0.25, 0.3) is 0 Å². The molecule has 0 aliphatic carbocycles. The van der Waals surface area contributed by atoms with Gasteiger partial charge in [0.2, 0.25) is 0 Å². The fourth-order valence-corrected chi connectivity index (χ4v) is 1.43. The molecule has 1 aromatic carbocycles. The van der Waals surface area contributed by atoms with Crippen LogP contribution in [0.3, 0.4) is 0 Å². The molecule has 0 bridgehead atoms. The van der Waals surface area contributed by atoms with Gasteiger partial charge in [-0.15, -0.1) is 0 Å². The Morgan fingerprint density at radius 3 is 2.67 bits per heavy atom. The van der Waals surface area contributed by atoms with Crippen LogP contribution in [0.1, 0.15) is 28.4 Å². The van der Waals surface area contributed by atoms with E-state index < -0.39 is 12.6 Å². The molecule has 96 valence electrons. The van der Waals surface area contributed by atoms with Crippen LogP contribution in [0.15, 0.2) is 12.1 Å². The Morgan fingerprint density at radius 1 is 1.50 bits per heavy atom. The standard InChI is InChI=1S/C12H11F2NO3/c1-3-17-11(16)9-8(6-15)5-4-7(2)10(9)18-12(13)14/h4-5,12H,3H2,1-2H3. The predicted molar refractivity (Wildman–Crippen MR) is 58.5 cm³/mol. The van der Waals surface area contributed by atoms with Gasteiger partial charge in [-0.1, -0.05) is 6.07 Å². The molecule has 0 heterocycles. The van der Waals surface area contributed by atoms with E-state index >= 15 is 0 Å². The number of nitriles is 1. The SMILES string of the molecule is CCOC(=O)c1c(C#N)ccc(C)c1OC(F)F. The van der Waals surface area contributed by atoms with E-state index in [0.29, 0.717) is 5.56 Å². The lowest BCUT2D eigenvalue weighted by Crippen LogP contribution is -2.13. The summed E-state index contributed by atoms with van der Waals surface area (Å²) in [6.45, 7) is 0.0756. The van der Waals surface area contributed by atoms with Gasteiger partial charge in [-0.2, -0.15) is 14.0 Å². The first kappa shape index (κ1) is 13.9. The highest BCUT2D eigenvalue weighted by atomic mass is 19.3. The normalized spacial score (nSPS) is 10.0. The molecule has 0 atom stereocenters. The Labute approximate surface area is 103 Å². The van der Waals surface area contributed by atoms with E-state index in [-0.39, 0.29) is 23.5 Å². The van der Waals surface area contributed by atoms with Crippen molar-refractivity contribution in [2.45, 2.75) is 20.5 Å². The van der Waals surface area contributed by atoms with Gasteiger partial charge in [0.05, 0.1) is 12.2 Å². The number of ether oxygens (including phenoxy) is 2. The van der Waals surface area contributed by atoms with Gasteiger partial charge in [-0.25, -0.2) is 4.79 Å². The average molecular weight is 255 g/mol. The lowest BCUT2D eigenvalue weighted by molar-refractivity contribution is -0.0509. The minimum absolute atomic E-state index is 0.0605. The van der Waals surface area contributed by atoms with E-state index in [4.69, 9.17) is 10.00 Å². The lowest BCUT2D eigenvalue weighted by atomic mass is 10.0. The van der Waals surface area contributed by atoms with Crippen molar-refractivity contribution in [2.24, 2.45) is 0 Å². The number of carbonyl (C=O) groups excluding carboxylic acids is 1. The zero-order chi connectivity index (χ0) is 13.7. The van der Waals surface area contributed by atoms with Gasteiger partial charge in [0, 0.05) is 0 Å². The topological polar surface area (TPSA) is 59.3 Å². The molecule has 0 fully saturated rings. The summed E-state index contributed by atoms with van der Waals surface area (Å²) in [6.07, 6.45) is 0. The van der Waals surface area contributed by atoms with Gasteiger partial charge >= 0.3 is 12.6 Å². The largest absolute Gasteiger partial charge is 0.462 e. The molecule has 0 aromatic heterocycles. The summed E-state index contributed by atoms with van der Waals surface area (Å²) in [5.74, 6) is -1.17. The highest BCUT2D eigenvalue weighted by Crippen LogP contribution is 2.29. The molecule has 0 saturated carbocycles. The minimum atomic E-state index is -3.08. The van der Waals surface area contributed by atoms with Gasteiger partial charge in [-0.3, -0.25) is 0 Å². The molecule has 18 heavy (non-hydrogen) atoms. The first-order valence-corrected chi connectivity index (χ1v) is 5.16. The molecule has 0 radical (unpaired) electrons. The number of alkyl halides is 2. The van der Waals surface area contributed by atoms with Crippen LogP contribution in [0, 0.1) is 18.3 Å². The maximum atomic E-state index is 12.3. The van der Waals surface area contributed by atoms with Crippen LogP contribution in [0.2, 0.25) is 0 Å². The van der Waals surface area contributed by atoms with Crippen LogP contribution in [0.25, 0.3) is 0 Å². The Hall–Kier alpha value is -2.16. The Kier molecular flexibility index (Phi) is 4.60. The Balaban J connectivity index is 3.37. The van der Waals surface area contributed by atoms with Crippen molar-refractivity contribution >= 4 is 5.97 Å². The van der Waals surface area contributed by atoms with E-state index in [1.807, 2.05) is 0 Å². The highest BCUT2D eigenvalue weighted by molar-refractivity contribution is 5.95. The number of esters is 1. The van der Waals surface area contributed by atoms with Crippen molar-refractivity contribution in [1.82, 2.24) is 0 Å². The Bertz CT molecular complexity index is 495. The molecule has 0 aliphatic rings. The van der Waals surface area contributed by atoms with Gasteiger partial charge in [0.15, 0.2) is 0 Å². The zero-order valence-electron chi connectivity index (χ0n) is 9.87. The molecule has 4 nitrogen and oxygen atoms in total. The molecule has 0 spiro atoms. The number of halogens is 2. The molecule has 0 amide bonds. The zero-order valence-corrected chi connectivity index (χ0v) is 9.87. The van der Waals surface area contributed by atoms with Gasteiger partial charge in [-0.05, 0) is 25.5 Å². The first-order valence-electron chi connectivity index (χ1n) is 5.16. The highest BCUT2D eigenvalue weighted by Gasteiger charge is 2.23. The summed E-state index contributed by atoms with van der Waals surface area (Å²) in [5.41, 5.74) is 0.00621. The fraction of sp³-hybridized carbons (Fsp3) is 0.333. The number of carbonyl (C=O) groups is 1. The quantitative estimate of drug-likeness (QED) is 0.776. The second kappa shape index (κ2) is 5.96. The molecule has 1 aromatic rings. The van der Waals surface area contributed by atoms with Gasteiger partial charge in [0.1, 0.15) is 17.4 Å². The van der Waals surface area contributed by atoms with Crippen molar-refractivity contribution < 1.29 is 23.0 Å². The minimum Gasteiger partial charge on any atom is -0.462 e. The summed E-state index contributed by atoms with van der Waals surface area (Å²) in [5, 5.41) is 8.88. The number of benzene rings is 1. The summed E-state index contributed by atoms with van der Waals surface area (Å²) in [7, 11) is 0. The average Bonchev–Trinajstić information content (AvgIpc) is 2.31. The van der Waals surface area contributed by atoms with Crippen molar-refractivity contribution in [3.63, 3.8) is 0 Å². The molecule has 0 N–H and O–H groups in total. The number of hydrogen-bond donors (Lipinski definition) is 0. The monoisotopic (exact) mass is 255 g/mol. The summed E-state index contributed by atoms with van der Waals surface area (Å²) < 4.78 is 33.6. The second-order valence-corrected chi connectivity index (χ2v) is 3.34. The molecule has 6 heteroatoms. The number of hydrogen-bond acceptors (Lipinski definition) is 4. The molecule has 1 rings (SSSR count). The summed E-state index contributed by atoms with van der Waals surface area (Å²) in [4.78, 5) is 11.7. The number of aryl methyl sites for hydroxylation is 1. The number of rotatable bonds is 4. The van der Waals surface area contributed by atoms with Crippen molar-refractivity contribution in [2.75, 3.05) is 6.61 Å². The molecule has 0 saturated heterocycles. The van der Waals surface area contributed by atoms with E-state index in [1.165, 1.54) is 19.1 Å². The van der Waals surface area contributed by atoms with Crippen molar-refractivity contribution in [3.8, 4) is 11.8 Å². The van der Waals surface area contributed by atoms with Crippen LogP contribution in [-0.2, 0) is 4.74 Å². The van der Waals surface area contributed by atoms with Crippen LogP contribution in [0.5, 0.6) is 5.75 Å². The lowest BCUT2D eigenvalue weighted by Gasteiger charge is -2.13. The fourth-order valence-electron chi connectivity index (χ4n) is 1.43. The number of nitrogens with zero attached hydrogens (tertiary/aromatic N) is 1. The van der Waals surface area contributed by atoms with Crippen molar-refractivity contribution in [3.05, 3.63) is 28.8 Å². The van der Waals surface area contributed by atoms with E-state index in [2.05, 4.69) is 4.74 Å². The van der Waals surface area contributed by atoms with Crippen LogP contribution >= 0.6 is 0 Å². The second-order valence-electron chi connectivity index (χ2n) is 3.34. The molecular formula is C12H11F2NO3. The van der Waals surface area contributed by atoms with Crippen molar-refractivity contribution in [1.29, 1.82) is 5.26 Å². The van der Waals surface area contributed by atoms with E-state index in [1.54, 1.807) is 13.0 Å².